The van der Waals surface area contributed by atoms with E-state index in [4.69, 9.17) is 16.3 Å². The molecule has 0 saturated heterocycles. The van der Waals surface area contributed by atoms with Gasteiger partial charge in [0.15, 0.2) is 5.96 Å². The minimum Gasteiger partial charge on any atom is -0.494 e. The molecule has 1 aromatic heterocycles. The summed E-state index contributed by atoms with van der Waals surface area (Å²) < 4.78 is 5.67. The van der Waals surface area contributed by atoms with E-state index >= 15 is 0 Å². The number of hydrogen-bond donors (Lipinski definition) is 2. The van der Waals surface area contributed by atoms with E-state index in [0.717, 1.165) is 43.2 Å². The van der Waals surface area contributed by atoms with Gasteiger partial charge in [0.05, 0.1) is 6.61 Å². The standard InChI is InChI=1S/C19H25ClN4O/c1-2-21-19(23-13-11-16-9-10-18(20)24-15-16)22-12-6-14-25-17-7-4-3-5-8-17/h3-5,7-10,15H,2,6,11-14H2,1H3,(H2,21,22,23). The molecule has 0 spiro atoms. The number of aromatic nitrogens is 1. The van der Waals surface area contributed by atoms with Gasteiger partial charge in [0.25, 0.3) is 0 Å². The molecule has 0 unspecified atom stereocenters. The number of para-hydroxylation sites is 1. The molecule has 25 heavy (non-hydrogen) atoms. The number of aliphatic imine (C=N–C) groups is 1. The summed E-state index contributed by atoms with van der Waals surface area (Å²) in [5.41, 5.74) is 1.14. The zero-order valence-corrected chi connectivity index (χ0v) is 15.3. The highest BCUT2D eigenvalue weighted by atomic mass is 35.5. The zero-order valence-electron chi connectivity index (χ0n) is 14.5. The highest BCUT2D eigenvalue weighted by Crippen LogP contribution is 2.08. The number of ether oxygens (including phenoxy) is 1. The number of benzene rings is 1. The van der Waals surface area contributed by atoms with Gasteiger partial charge in [-0.1, -0.05) is 35.9 Å². The lowest BCUT2D eigenvalue weighted by Crippen LogP contribution is -2.38. The first-order chi connectivity index (χ1) is 12.3. The Bertz CT molecular complexity index is 632. The Morgan fingerprint density at radius 2 is 2.00 bits per heavy atom. The van der Waals surface area contributed by atoms with Crippen molar-refractivity contribution in [1.29, 1.82) is 0 Å². The summed E-state index contributed by atoms with van der Waals surface area (Å²) in [5.74, 6) is 1.72. The Hall–Kier alpha value is -2.27. The van der Waals surface area contributed by atoms with Crippen LogP contribution in [-0.2, 0) is 6.42 Å². The fourth-order valence-electron chi connectivity index (χ4n) is 2.18. The number of nitrogens with zero attached hydrogens (tertiary/aromatic N) is 2. The van der Waals surface area contributed by atoms with Gasteiger partial charge in [-0.3, -0.25) is 4.99 Å². The second-order valence-electron chi connectivity index (χ2n) is 5.44. The summed E-state index contributed by atoms with van der Waals surface area (Å²) in [6, 6.07) is 13.6. The Labute approximate surface area is 154 Å². The monoisotopic (exact) mass is 360 g/mol. The van der Waals surface area contributed by atoms with E-state index in [0.29, 0.717) is 18.3 Å². The molecule has 0 aliphatic heterocycles. The van der Waals surface area contributed by atoms with Gasteiger partial charge in [-0.05, 0) is 37.1 Å². The van der Waals surface area contributed by atoms with E-state index < -0.39 is 0 Å². The lowest BCUT2D eigenvalue weighted by atomic mass is 10.2. The van der Waals surface area contributed by atoms with Crippen molar-refractivity contribution in [3.63, 3.8) is 0 Å². The summed E-state index contributed by atoms with van der Waals surface area (Å²) in [7, 11) is 0. The summed E-state index contributed by atoms with van der Waals surface area (Å²) in [5, 5.41) is 7.10. The summed E-state index contributed by atoms with van der Waals surface area (Å²) >= 11 is 5.79. The molecular formula is C19H25ClN4O. The molecule has 134 valence electrons. The topological polar surface area (TPSA) is 58.5 Å². The largest absolute Gasteiger partial charge is 0.494 e. The SMILES string of the molecule is CCNC(=NCCCOc1ccccc1)NCCc1ccc(Cl)nc1. The molecule has 0 bridgehead atoms. The second kappa shape index (κ2) is 11.3. The lowest BCUT2D eigenvalue weighted by Gasteiger charge is -2.11. The molecule has 0 saturated carbocycles. The van der Waals surface area contributed by atoms with Crippen molar-refractivity contribution in [2.75, 3.05) is 26.2 Å². The molecule has 1 heterocycles. The molecule has 0 radical (unpaired) electrons. The fraction of sp³-hybridized carbons (Fsp3) is 0.368. The van der Waals surface area contributed by atoms with E-state index in [9.17, 15) is 0 Å². The molecule has 1 aromatic carbocycles. The molecule has 0 atom stereocenters. The van der Waals surface area contributed by atoms with Crippen LogP contribution in [0.5, 0.6) is 5.75 Å². The van der Waals surface area contributed by atoms with E-state index in [1.807, 2.05) is 42.5 Å². The van der Waals surface area contributed by atoms with E-state index in [2.05, 4.69) is 27.5 Å². The second-order valence-corrected chi connectivity index (χ2v) is 5.83. The molecule has 2 N–H and O–H groups in total. The van der Waals surface area contributed by atoms with Crippen molar-refractivity contribution in [3.05, 3.63) is 59.4 Å². The number of guanidine groups is 1. The first kappa shape index (κ1) is 19.1. The average molecular weight is 361 g/mol. The Kier molecular flexibility index (Phi) is 8.63. The van der Waals surface area contributed by atoms with Gasteiger partial charge in [0.2, 0.25) is 0 Å². The molecule has 0 aliphatic carbocycles. The van der Waals surface area contributed by atoms with Gasteiger partial charge < -0.3 is 15.4 Å². The van der Waals surface area contributed by atoms with Crippen LogP contribution >= 0.6 is 11.6 Å². The van der Waals surface area contributed by atoms with Gasteiger partial charge in [-0.15, -0.1) is 0 Å². The van der Waals surface area contributed by atoms with E-state index in [-0.39, 0.29) is 0 Å². The maximum atomic E-state index is 5.79. The number of hydrogen-bond acceptors (Lipinski definition) is 3. The zero-order chi connectivity index (χ0) is 17.7. The predicted octanol–water partition coefficient (Wildman–Crippen LogP) is 3.30. The smallest absolute Gasteiger partial charge is 0.191 e. The fourth-order valence-corrected chi connectivity index (χ4v) is 2.30. The quantitative estimate of drug-likeness (QED) is 0.312. The summed E-state index contributed by atoms with van der Waals surface area (Å²) in [4.78, 5) is 8.65. The molecule has 0 aliphatic rings. The van der Waals surface area contributed by atoms with Gasteiger partial charge in [0, 0.05) is 32.3 Å². The Morgan fingerprint density at radius 1 is 1.16 bits per heavy atom. The van der Waals surface area contributed by atoms with Crippen molar-refractivity contribution in [3.8, 4) is 5.75 Å². The van der Waals surface area contributed by atoms with E-state index in [1.165, 1.54) is 0 Å². The van der Waals surface area contributed by atoms with Crippen molar-refractivity contribution in [1.82, 2.24) is 15.6 Å². The minimum absolute atomic E-state index is 0.518. The van der Waals surface area contributed by atoms with Gasteiger partial charge in [-0.25, -0.2) is 4.98 Å². The average Bonchev–Trinajstić information content (AvgIpc) is 2.64. The first-order valence-electron chi connectivity index (χ1n) is 8.58. The van der Waals surface area contributed by atoms with Crippen LogP contribution in [-0.4, -0.2) is 37.2 Å². The van der Waals surface area contributed by atoms with Crippen LogP contribution in [0.4, 0.5) is 0 Å². The summed E-state index contributed by atoms with van der Waals surface area (Å²) in [6.45, 7) is 5.04. The highest BCUT2D eigenvalue weighted by Gasteiger charge is 1.99. The van der Waals surface area contributed by atoms with Crippen molar-refractivity contribution in [2.24, 2.45) is 4.99 Å². The number of halogens is 1. The van der Waals surface area contributed by atoms with Crippen LogP contribution in [0.15, 0.2) is 53.7 Å². The molecule has 0 fully saturated rings. The molecular weight excluding hydrogens is 336 g/mol. The van der Waals surface area contributed by atoms with Gasteiger partial charge >= 0.3 is 0 Å². The van der Waals surface area contributed by atoms with Crippen LogP contribution < -0.4 is 15.4 Å². The maximum absolute atomic E-state index is 5.79. The third-order valence-corrected chi connectivity index (χ3v) is 3.65. The van der Waals surface area contributed by atoms with Crippen molar-refractivity contribution < 1.29 is 4.74 Å². The number of rotatable bonds is 9. The maximum Gasteiger partial charge on any atom is 0.191 e. The van der Waals surface area contributed by atoms with Crippen LogP contribution in [0.25, 0.3) is 0 Å². The Balaban J connectivity index is 1.67. The Morgan fingerprint density at radius 3 is 2.72 bits per heavy atom. The third kappa shape index (κ3) is 7.90. The van der Waals surface area contributed by atoms with Gasteiger partial charge in [0.1, 0.15) is 10.9 Å². The molecule has 5 nitrogen and oxygen atoms in total. The predicted molar refractivity (Wildman–Crippen MR) is 103 cm³/mol. The number of pyridine rings is 1. The van der Waals surface area contributed by atoms with Crippen LogP contribution in [0, 0.1) is 0 Å². The third-order valence-electron chi connectivity index (χ3n) is 3.42. The molecule has 2 rings (SSSR count). The lowest BCUT2D eigenvalue weighted by molar-refractivity contribution is 0.313. The minimum atomic E-state index is 0.518. The summed E-state index contributed by atoms with van der Waals surface area (Å²) in [6.07, 6.45) is 3.53. The van der Waals surface area contributed by atoms with Crippen molar-refractivity contribution in [2.45, 2.75) is 19.8 Å². The van der Waals surface area contributed by atoms with E-state index in [1.54, 1.807) is 6.20 Å². The molecule has 6 heteroatoms. The normalized spacial score (nSPS) is 11.2. The van der Waals surface area contributed by atoms with Gasteiger partial charge in [-0.2, -0.15) is 0 Å². The highest BCUT2D eigenvalue weighted by molar-refractivity contribution is 6.29. The number of nitrogens with one attached hydrogen (secondary N) is 2. The van der Waals surface area contributed by atoms with Crippen LogP contribution in [0.3, 0.4) is 0 Å². The first-order valence-corrected chi connectivity index (χ1v) is 8.96. The molecule has 0 amide bonds. The van der Waals surface area contributed by atoms with Crippen LogP contribution in [0.2, 0.25) is 5.15 Å². The van der Waals surface area contributed by atoms with Crippen molar-refractivity contribution >= 4 is 17.6 Å². The molecule has 2 aromatic rings. The van der Waals surface area contributed by atoms with Crippen LogP contribution in [0.1, 0.15) is 18.9 Å².